The van der Waals surface area contributed by atoms with E-state index in [0.29, 0.717) is 0 Å². The highest BCUT2D eigenvalue weighted by atomic mass is 16.5. The molecule has 3 nitrogen and oxygen atoms in total. The molecule has 0 amide bonds. The van der Waals surface area contributed by atoms with Gasteiger partial charge in [-0.05, 0) is 35.9 Å². The Bertz CT molecular complexity index is 673. The first-order valence-electron chi connectivity index (χ1n) is 5.89. The minimum atomic E-state index is 0.803. The van der Waals surface area contributed by atoms with Crippen LogP contribution in [0, 0.1) is 0 Å². The maximum Gasteiger partial charge on any atom is 0.140 e. The summed E-state index contributed by atoms with van der Waals surface area (Å²) in [5, 5.41) is 1.17. The minimum absolute atomic E-state index is 0.803. The van der Waals surface area contributed by atoms with Gasteiger partial charge in [-0.1, -0.05) is 12.1 Å². The van der Waals surface area contributed by atoms with Gasteiger partial charge in [0.1, 0.15) is 11.4 Å². The molecule has 2 heterocycles. The number of rotatable bonds is 3. The number of aromatic nitrogens is 2. The van der Waals surface area contributed by atoms with E-state index in [2.05, 4.69) is 40.0 Å². The van der Waals surface area contributed by atoms with Crippen LogP contribution in [0.5, 0.6) is 5.75 Å². The fourth-order valence-electron chi connectivity index (χ4n) is 2.12. The number of ether oxygens (including phenoxy) is 1. The summed E-state index contributed by atoms with van der Waals surface area (Å²) < 4.78 is 7.38. The van der Waals surface area contributed by atoms with Crippen LogP contribution in [0.2, 0.25) is 0 Å². The Morgan fingerprint density at radius 2 is 2.11 bits per heavy atom. The maximum absolute atomic E-state index is 5.24. The lowest BCUT2D eigenvalue weighted by Crippen LogP contribution is -1.99. The Morgan fingerprint density at radius 1 is 1.17 bits per heavy atom. The van der Waals surface area contributed by atoms with E-state index in [4.69, 9.17) is 4.74 Å². The summed E-state index contributed by atoms with van der Waals surface area (Å²) in [6, 6.07) is 14.2. The SMILES string of the molecule is COc1cccc(Cn2ccc3cccnc32)c1. The zero-order valence-corrected chi connectivity index (χ0v) is 10.2. The van der Waals surface area contributed by atoms with E-state index in [1.165, 1.54) is 10.9 Å². The predicted octanol–water partition coefficient (Wildman–Crippen LogP) is 3.09. The number of benzene rings is 1. The molecule has 0 bridgehead atoms. The Kier molecular flexibility index (Phi) is 2.73. The normalized spacial score (nSPS) is 10.7. The number of fused-ring (bicyclic) bond motifs is 1. The fraction of sp³-hybridized carbons (Fsp3) is 0.133. The highest BCUT2D eigenvalue weighted by Gasteiger charge is 2.02. The Hall–Kier alpha value is -2.29. The van der Waals surface area contributed by atoms with Crippen LogP contribution in [0.25, 0.3) is 11.0 Å². The highest BCUT2D eigenvalue weighted by Crippen LogP contribution is 2.17. The average molecular weight is 238 g/mol. The van der Waals surface area contributed by atoms with Crippen molar-refractivity contribution in [2.75, 3.05) is 7.11 Å². The van der Waals surface area contributed by atoms with Crippen molar-refractivity contribution in [3.05, 3.63) is 60.4 Å². The average Bonchev–Trinajstić information content (AvgIpc) is 2.83. The Labute approximate surface area is 106 Å². The molecule has 2 aromatic heterocycles. The van der Waals surface area contributed by atoms with E-state index in [1.54, 1.807) is 7.11 Å². The van der Waals surface area contributed by atoms with Crippen molar-refractivity contribution in [1.29, 1.82) is 0 Å². The minimum Gasteiger partial charge on any atom is -0.497 e. The van der Waals surface area contributed by atoms with E-state index in [9.17, 15) is 0 Å². The number of methoxy groups -OCH3 is 1. The topological polar surface area (TPSA) is 27.1 Å². The molecule has 18 heavy (non-hydrogen) atoms. The van der Waals surface area contributed by atoms with Crippen molar-refractivity contribution >= 4 is 11.0 Å². The van der Waals surface area contributed by atoms with Crippen molar-refractivity contribution in [3.63, 3.8) is 0 Å². The van der Waals surface area contributed by atoms with E-state index in [0.717, 1.165) is 17.9 Å². The van der Waals surface area contributed by atoms with Gasteiger partial charge in [0.15, 0.2) is 0 Å². The second-order valence-electron chi connectivity index (χ2n) is 4.21. The number of hydrogen-bond acceptors (Lipinski definition) is 2. The molecule has 0 saturated heterocycles. The van der Waals surface area contributed by atoms with Crippen LogP contribution in [0.4, 0.5) is 0 Å². The molecule has 0 fully saturated rings. The molecule has 0 radical (unpaired) electrons. The van der Waals surface area contributed by atoms with Gasteiger partial charge in [0, 0.05) is 24.3 Å². The number of pyridine rings is 1. The second-order valence-corrected chi connectivity index (χ2v) is 4.21. The third-order valence-corrected chi connectivity index (χ3v) is 3.01. The van der Waals surface area contributed by atoms with Crippen molar-refractivity contribution in [3.8, 4) is 5.75 Å². The highest BCUT2D eigenvalue weighted by molar-refractivity contribution is 5.75. The van der Waals surface area contributed by atoms with Crippen molar-refractivity contribution in [2.24, 2.45) is 0 Å². The van der Waals surface area contributed by atoms with Gasteiger partial charge in [-0.3, -0.25) is 0 Å². The number of hydrogen-bond donors (Lipinski definition) is 0. The van der Waals surface area contributed by atoms with Crippen LogP contribution >= 0.6 is 0 Å². The summed E-state index contributed by atoms with van der Waals surface area (Å²) in [4.78, 5) is 4.41. The van der Waals surface area contributed by atoms with Crippen LogP contribution in [-0.2, 0) is 6.54 Å². The molecule has 3 heteroatoms. The van der Waals surface area contributed by atoms with Gasteiger partial charge in [0.05, 0.1) is 7.11 Å². The van der Waals surface area contributed by atoms with Crippen molar-refractivity contribution in [2.45, 2.75) is 6.54 Å². The first kappa shape index (κ1) is 10.8. The lowest BCUT2D eigenvalue weighted by Gasteiger charge is -2.06. The largest absolute Gasteiger partial charge is 0.497 e. The van der Waals surface area contributed by atoms with Gasteiger partial charge < -0.3 is 9.30 Å². The van der Waals surface area contributed by atoms with Crippen molar-refractivity contribution in [1.82, 2.24) is 9.55 Å². The third-order valence-electron chi connectivity index (χ3n) is 3.01. The quantitative estimate of drug-likeness (QED) is 0.701. The second kappa shape index (κ2) is 4.53. The molecule has 0 saturated carbocycles. The van der Waals surface area contributed by atoms with Gasteiger partial charge in [-0.15, -0.1) is 0 Å². The van der Waals surface area contributed by atoms with Crippen LogP contribution in [0.3, 0.4) is 0 Å². The third kappa shape index (κ3) is 1.95. The van der Waals surface area contributed by atoms with E-state index >= 15 is 0 Å². The first-order chi connectivity index (χ1) is 8.86. The van der Waals surface area contributed by atoms with Gasteiger partial charge >= 0.3 is 0 Å². The van der Waals surface area contributed by atoms with Crippen LogP contribution in [0.1, 0.15) is 5.56 Å². The molecule has 3 aromatic rings. The number of nitrogens with zero attached hydrogens (tertiary/aromatic N) is 2. The summed E-state index contributed by atoms with van der Waals surface area (Å²) in [7, 11) is 1.69. The van der Waals surface area contributed by atoms with Crippen LogP contribution in [0.15, 0.2) is 54.9 Å². The summed E-state index contributed by atoms with van der Waals surface area (Å²) in [5.41, 5.74) is 2.22. The van der Waals surface area contributed by atoms with E-state index < -0.39 is 0 Å². The lowest BCUT2D eigenvalue weighted by atomic mass is 10.2. The van der Waals surface area contributed by atoms with Gasteiger partial charge in [0.2, 0.25) is 0 Å². The maximum atomic E-state index is 5.24. The summed E-state index contributed by atoms with van der Waals surface area (Å²) >= 11 is 0. The molecule has 1 aromatic carbocycles. The Balaban J connectivity index is 1.96. The molecule has 0 spiro atoms. The predicted molar refractivity (Wildman–Crippen MR) is 71.8 cm³/mol. The summed E-state index contributed by atoms with van der Waals surface area (Å²) in [6.45, 7) is 0.803. The van der Waals surface area contributed by atoms with Gasteiger partial charge in [-0.25, -0.2) is 4.98 Å². The van der Waals surface area contributed by atoms with E-state index in [1.807, 2.05) is 24.4 Å². The molecule has 0 aliphatic heterocycles. The summed E-state index contributed by atoms with van der Waals surface area (Å²) in [5.74, 6) is 0.886. The fourth-order valence-corrected chi connectivity index (χ4v) is 2.12. The zero-order valence-electron chi connectivity index (χ0n) is 10.2. The lowest BCUT2D eigenvalue weighted by molar-refractivity contribution is 0.414. The first-order valence-corrected chi connectivity index (χ1v) is 5.89. The molecule has 0 N–H and O–H groups in total. The standard InChI is InChI=1S/C15H14N2O/c1-18-14-6-2-4-12(10-14)11-17-9-7-13-5-3-8-16-15(13)17/h2-10H,11H2,1H3. The van der Waals surface area contributed by atoms with Crippen molar-refractivity contribution < 1.29 is 4.74 Å². The summed E-state index contributed by atoms with van der Waals surface area (Å²) in [6.07, 6.45) is 3.89. The smallest absolute Gasteiger partial charge is 0.140 e. The molecular weight excluding hydrogens is 224 g/mol. The molecule has 0 aliphatic rings. The molecule has 3 rings (SSSR count). The van der Waals surface area contributed by atoms with Crippen LogP contribution in [-0.4, -0.2) is 16.7 Å². The molecular formula is C15H14N2O. The zero-order chi connectivity index (χ0) is 12.4. The van der Waals surface area contributed by atoms with Gasteiger partial charge in [0.25, 0.3) is 0 Å². The van der Waals surface area contributed by atoms with Crippen LogP contribution < -0.4 is 4.74 Å². The molecule has 0 unspecified atom stereocenters. The van der Waals surface area contributed by atoms with E-state index in [-0.39, 0.29) is 0 Å². The molecule has 90 valence electrons. The molecule has 0 atom stereocenters. The Morgan fingerprint density at radius 3 is 3.00 bits per heavy atom. The monoisotopic (exact) mass is 238 g/mol. The molecule has 0 aliphatic carbocycles. The van der Waals surface area contributed by atoms with Gasteiger partial charge in [-0.2, -0.15) is 0 Å².